The lowest BCUT2D eigenvalue weighted by Crippen LogP contribution is -2.43. The molecule has 0 aromatic heterocycles. The highest BCUT2D eigenvalue weighted by Crippen LogP contribution is 2.27. The van der Waals surface area contributed by atoms with Crippen molar-refractivity contribution in [3.8, 4) is 0 Å². The summed E-state index contributed by atoms with van der Waals surface area (Å²) in [6.07, 6.45) is -2.09. The molecule has 1 amide bonds. The van der Waals surface area contributed by atoms with Crippen molar-refractivity contribution in [2.24, 2.45) is 5.92 Å². The number of aliphatic hydroxyl groups is 1. The van der Waals surface area contributed by atoms with Gasteiger partial charge in [-0.2, -0.15) is 8.78 Å². The molecule has 0 aromatic carbocycles. The summed E-state index contributed by atoms with van der Waals surface area (Å²) in [7, 11) is 0. The number of halogens is 2. The largest absolute Gasteiger partial charge is 0.444 e. The second kappa shape index (κ2) is 5.65. The molecule has 1 saturated heterocycles. The Morgan fingerprint density at radius 2 is 2.11 bits per heavy atom. The average molecular weight is 263 g/mol. The van der Waals surface area contributed by atoms with Gasteiger partial charge in [-0.1, -0.05) is 0 Å². The number of aliphatic hydroxyl groups excluding tert-OH is 1. The molecule has 1 aliphatic heterocycles. The van der Waals surface area contributed by atoms with E-state index in [9.17, 15) is 13.6 Å². The predicted molar refractivity (Wildman–Crippen MR) is 62.2 cm³/mol. The van der Waals surface area contributed by atoms with E-state index >= 15 is 0 Å². The van der Waals surface area contributed by atoms with Crippen LogP contribution < -0.4 is 0 Å². The van der Waals surface area contributed by atoms with Crippen molar-refractivity contribution in [1.29, 1.82) is 0 Å². The van der Waals surface area contributed by atoms with Crippen molar-refractivity contribution < 1.29 is 23.4 Å². The zero-order chi connectivity index (χ0) is 13.9. The van der Waals surface area contributed by atoms with E-state index in [-0.39, 0.29) is 18.7 Å². The molecule has 1 atom stereocenters. The quantitative estimate of drug-likeness (QED) is 0.790. The van der Waals surface area contributed by atoms with Crippen LogP contribution in [0.2, 0.25) is 0 Å². The molecule has 18 heavy (non-hydrogen) atoms. The number of hydrogen-bond donors (Lipinski definition) is 1. The van der Waals surface area contributed by atoms with Crippen molar-refractivity contribution in [1.82, 2.24) is 4.90 Å². The topological polar surface area (TPSA) is 49.8 Å². The fourth-order valence-corrected chi connectivity index (χ4v) is 1.80. The first kappa shape index (κ1) is 14.9. The lowest BCUT2D eigenvalue weighted by Gasteiger charge is -2.34. The first-order valence-corrected chi connectivity index (χ1v) is 5.87. The molecular weight excluding hydrogens is 244 g/mol. The average Bonchev–Trinajstić information content (AvgIpc) is 2.25. The Balaban J connectivity index is 2.72. The second-order valence-electron chi connectivity index (χ2n) is 5.36. The van der Waals surface area contributed by atoms with Crippen LogP contribution in [0, 0.1) is 5.92 Å². The van der Waals surface area contributed by atoms with E-state index in [0.29, 0.717) is 13.0 Å². The molecule has 1 rings (SSSR count). The van der Waals surface area contributed by atoms with Gasteiger partial charge in [-0.25, -0.2) is 4.79 Å². The molecule has 1 fully saturated rings. The van der Waals surface area contributed by atoms with Gasteiger partial charge in [0.2, 0.25) is 0 Å². The summed E-state index contributed by atoms with van der Waals surface area (Å²) in [5.41, 5.74) is -0.821. The van der Waals surface area contributed by atoms with E-state index in [1.165, 1.54) is 4.90 Å². The highest BCUT2D eigenvalue weighted by molar-refractivity contribution is 5.68. The Morgan fingerprint density at radius 3 is 2.56 bits per heavy atom. The van der Waals surface area contributed by atoms with E-state index in [1.807, 2.05) is 0 Å². The summed E-state index contributed by atoms with van der Waals surface area (Å²) in [6.45, 7) is 4.97. The predicted octanol–water partition coefficient (Wildman–Crippen LogP) is 2.39. The molecule has 6 heteroatoms. The fourth-order valence-electron chi connectivity index (χ4n) is 1.80. The number of nitrogens with zero attached hydrogens (tertiary/aromatic N) is 1. The van der Waals surface area contributed by atoms with Gasteiger partial charge in [0.1, 0.15) is 5.60 Å². The van der Waals surface area contributed by atoms with Gasteiger partial charge in [0.05, 0.1) is 6.54 Å². The summed E-state index contributed by atoms with van der Waals surface area (Å²) in [5.74, 6) is -0.561. The van der Waals surface area contributed by atoms with Crippen molar-refractivity contribution in [2.45, 2.75) is 32.8 Å². The van der Waals surface area contributed by atoms with Gasteiger partial charge in [-0.05, 0) is 27.2 Å². The van der Waals surface area contributed by atoms with Crippen LogP contribution in [-0.4, -0.2) is 41.4 Å². The maximum absolute atomic E-state index is 12.7. The molecule has 0 spiro atoms. The Labute approximate surface area is 105 Å². The van der Waals surface area contributed by atoms with Gasteiger partial charge in [-0.3, -0.25) is 0 Å². The Morgan fingerprint density at radius 1 is 1.50 bits per heavy atom. The van der Waals surface area contributed by atoms with Crippen molar-refractivity contribution in [3.05, 3.63) is 11.7 Å². The van der Waals surface area contributed by atoms with Gasteiger partial charge in [0.25, 0.3) is 6.08 Å². The van der Waals surface area contributed by atoms with Gasteiger partial charge in [0.15, 0.2) is 0 Å². The van der Waals surface area contributed by atoms with Crippen molar-refractivity contribution >= 4 is 6.09 Å². The van der Waals surface area contributed by atoms with E-state index in [2.05, 4.69) is 0 Å². The number of hydrogen-bond acceptors (Lipinski definition) is 3. The van der Waals surface area contributed by atoms with Crippen LogP contribution in [0.15, 0.2) is 11.7 Å². The molecule has 0 bridgehead atoms. The molecule has 4 nitrogen and oxygen atoms in total. The number of ether oxygens (including phenoxy) is 1. The molecule has 1 heterocycles. The monoisotopic (exact) mass is 263 g/mol. The zero-order valence-corrected chi connectivity index (χ0v) is 10.9. The number of amides is 1. The fraction of sp³-hybridized carbons (Fsp3) is 0.750. The Bertz CT molecular complexity index is 346. The lowest BCUT2D eigenvalue weighted by atomic mass is 9.93. The van der Waals surface area contributed by atoms with Crippen molar-refractivity contribution in [2.75, 3.05) is 19.7 Å². The highest BCUT2D eigenvalue weighted by Gasteiger charge is 2.31. The number of carbonyl (C=O) groups is 1. The number of piperidine rings is 1. The second-order valence-corrected chi connectivity index (χ2v) is 5.36. The van der Waals surface area contributed by atoms with Crippen LogP contribution in [0.5, 0.6) is 0 Å². The molecule has 104 valence electrons. The first-order valence-electron chi connectivity index (χ1n) is 5.87. The molecule has 0 saturated carbocycles. The van der Waals surface area contributed by atoms with Crippen LogP contribution in [0.3, 0.4) is 0 Å². The minimum absolute atomic E-state index is 0.172. The van der Waals surface area contributed by atoms with Gasteiger partial charge >= 0.3 is 6.09 Å². The molecule has 0 radical (unpaired) electrons. The van der Waals surface area contributed by atoms with E-state index in [1.54, 1.807) is 20.8 Å². The van der Waals surface area contributed by atoms with Crippen LogP contribution >= 0.6 is 0 Å². The maximum Gasteiger partial charge on any atom is 0.410 e. The Hall–Kier alpha value is -1.17. The van der Waals surface area contributed by atoms with Crippen LogP contribution in [0.25, 0.3) is 0 Å². The van der Waals surface area contributed by atoms with Crippen LogP contribution in [0.4, 0.5) is 13.6 Å². The molecular formula is C12H19F2NO3. The molecule has 0 aromatic rings. The van der Waals surface area contributed by atoms with Crippen LogP contribution in [-0.2, 0) is 4.74 Å². The smallest absolute Gasteiger partial charge is 0.410 e. The lowest BCUT2D eigenvalue weighted by molar-refractivity contribution is 0.0211. The molecule has 1 unspecified atom stereocenters. The number of carbonyl (C=O) groups excluding carboxylic acids is 1. The molecule has 1 aliphatic rings. The number of likely N-dealkylation sites (tertiary alicyclic amines) is 1. The van der Waals surface area contributed by atoms with E-state index in [0.717, 1.165) is 0 Å². The van der Waals surface area contributed by atoms with E-state index in [4.69, 9.17) is 9.84 Å². The van der Waals surface area contributed by atoms with Crippen LogP contribution in [0.1, 0.15) is 27.2 Å². The molecule has 0 aliphatic carbocycles. The minimum atomic E-state index is -1.82. The zero-order valence-electron chi connectivity index (χ0n) is 10.9. The SMILES string of the molecule is CC(C)(C)OC(=O)N1CCC(CO)C(=C(F)F)C1. The summed E-state index contributed by atoms with van der Waals surface area (Å²) < 4.78 is 30.6. The first-order chi connectivity index (χ1) is 8.24. The standard InChI is InChI=1S/C12H19F2NO3/c1-12(2,3)18-11(17)15-5-4-8(7-16)9(6-15)10(13)14/h8,16H,4-7H2,1-3H3. The highest BCUT2D eigenvalue weighted by atomic mass is 19.3. The third kappa shape index (κ3) is 3.94. The summed E-state index contributed by atoms with van der Waals surface area (Å²) in [4.78, 5) is 13.0. The van der Waals surface area contributed by atoms with E-state index < -0.39 is 23.7 Å². The third-order valence-electron chi connectivity index (χ3n) is 2.72. The normalized spacial score (nSPS) is 20.9. The maximum atomic E-state index is 12.7. The third-order valence-corrected chi connectivity index (χ3v) is 2.72. The summed E-state index contributed by atoms with van der Waals surface area (Å²) >= 11 is 0. The van der Waals surface area contributed by atoms with Gasteiger partial charge < -0.3 is 14.7 Å². The summed E-state index contributed by atoms with van der Waals surface area (Å²) in [6, 6.07) is 0. The molecule has 1 N–H and O–H groups in total. The summed E-state index contributed by atoms with van der Waals surface area (Å²) in [5, 5.41) is 9.02. The van der Waals surface area contributed by atoms with Gasteiger partial charge in [-0.15, -0.1) is 0 Å². The Kier molecular flexibility index (Phi) is 4.67. The minimum Gasteiger partial charge on any atom is -0.444 e. The number of rotatable bonds is 1. The van der Waals surface area contributed by atoms with Gasteiger partial charge in [0, 0.05) is 24.6 Å². The van der Waals surface area contributed by atoms with Crippen molar-refractivity contribution in [3.63, 3.8) is 0 Å².